The third-order valence-corrected chi connectivity index (χ3v) is 5.49. The summed E-state index contributed by atoms with van der Waals surface area (Å²) in [6, 6.07) is 13.0. The first-order valence-electron chi connectivity index (χ1n) is 9.67. The van der Waals surface area contributed by atoms with Crippen LogP contribution in [0.5, 0.6) is 17.2 Å². The van der Waals surface area contributed by atoms with Crippen LogP contribution in [0.1, 0.15) is 28.3 Å². The lowest BCUT2D eigenvalue weighted by molar-refractivity contribution is 0.174. The van der Waals surface area contributed by atoms with E-state index in [1.165, 1.54) is 0 Å². The third-order valence-electron chi connectivity index (χ3n) is 5.49. The van der Waals surface area contributed by atoms with Crippen molar-refractivity contribution in [3.05, 3.63) is 93.0 Å². The van der Waals surface area contributed by atoms with Gasteiger partial charge in [0.25, 0.3) is 5.56 Å². The standard InChI is InChI=1S/C23H18N4O4/c1-13-7-19-21(20(15-3-2-6-26-10-15)16(9-24)22(25)31-19)23(28)27(13)11-14-4-5-17-18(8-14)30-12-29-17/h2-8,10,20H,11-12,25H2,1H3/t20-/m1/s1. The number of hydrogen-bond acceptors (Lipinski definition) is 7. The highest BCUT2D eigenvalue weighted by atomic mass is 16.7. The van der Waals surface area contributed by atoms with Gasteiger partial charge >= 0.3 is 0 Å². The first-order valence-corrected chi connectivity index (χ1v) is 9.67. The number of allylic oxidation sites excluding steroid dienone is 1. The van der Waals surface area contributed by atoms with Crippen LogP contribution in [0.4, 0.5) is 0 Å². The largest absolute Gasteiger partial charge is 0.454 e. The fraction of sp³-hybridized carbons (Fsp3) is 0.174. The molecule has 2 aromatic heterocycles. The molecule has 154 valence electrons. The SMILES string of the molecule is Cc1cc2c(c(=O)n1Cc1ccc3c(c1)OCO3)[C@H](c1cccnc1)C(C#N)=C(N)O2. The Balaban J connectivity index is 1.65. The molecule has 2 N–H and O–H groups in total. The summed E-state index contributed by atoms with van der Waals surface area (Å²) in [6.07, 6.45) is 3.27. The molecular weight excluding hydrogens is 396 g/mol. The van der Waals surface area contributed by atoms with E-state index in [2.05, 4.69) is 11.1 Å². The van der Waals surface area contributed by atoms with E-state index in [9.17, 15) is 10.1 Å². The highest BCUT2D eigenvalue weighted by molar-refractivity contribution is 5.55. The number of nitriles is 1. The Bertz CT molecular complexity index is 1320. The second-order valence-electron chi connectivity index (χ2n) is 7.35. The molecule has 4 heterocycles. The molecule has 0 unspecified atom stereocenters. The van der Waals surface area contributed by atoms with E-state index in [0.717, 1.165) is 5.56 Å². The number of nitrogens with two attached hydrogens (primary N) is 1. The lowest BCUT2D eigenvalue weighted by Gasteiger charge is -2.27. The summed E-state index contributed by atoms with van der Waals surface area (Å²) in [5.74, 6) is 1.03. The Hall–Kier alpha value is -4.25. The van der Waals surface area contributed by atoms with E-state index >= 15 is 0 Å². The zero-order chi connectivity index (χ0) is 21.5. The Labute approximate surface area is 177 Å². The smallest absolute Gasteiger partial charge is 0.259 e. The predicted octanol–water partition coefficient (Wildman–Crippen LogP) is 2.55. The van der Waals surface area contributed by atoms with Crippen LogP contribution in [0.2, 0.25) is 0 Å². The minimum absolute atomic E-state index is 0.00354. The van der Waals surface area contributed by atoms with E-state index in [1.54, 1.807) is 29.1 Å². The zero-order valence-corrected chi connectivity index (χ0v) is 16.7. The maximum absolute atomic E-state index is 13.7. The minimum Gasteiger partial charge on any atom is -0.454 e. The molecule has 0 spiro atoms. The zero-order valence-electron chi connectivity index (χ0n) is 16.7. The Morgan fingerprint density at radius 3 is 2.84 bits per heavy atom. The molecule has 8 heteroatoms. The van der Waals surface area contributed by atoms with Gasteiger partial charge in [0.05, 0.1) is 18.0 Å². The Morgan fingerprint density at radius 1 is 1.23 bits per heavy atom. The molecule has 0 saturated carbocycles. The number of ether oxygens (including phenoxy) is 3. The maximum Gasteiger partial charge on any atom is 0.259 e. The van der Waals surface area contributed by atoms with Crippen LogP contribution in [-0.4, -0.2) is 16.3 Å². The van der Waals surface area contributed by atoms with Gasteiger partial charge in [0, 0.05) is 24.2 Å². The van der Waals surface area contributed by atoms with Crippen LogP contribution < -0.4 is 25.5 Å². The monoisotopic (exact) mass is 414 g/mol. The number of aryl methyl sites for hydroxylation is 1. The lowest BCUT2D eigenvalue weighted by atomic mass is 9.85. The average molecular weight is 414 g/mol. The molecule has 0 amide bonds. The highest BCUT2D eigenvalue weighted by Crippen LogP contribution is 2.40. The molecule has 2 aliphatic rings. The van der Waals surface area contributed by atoms with Crippen LogP contribution in [0, 0.1) is 18.3 Å². The van der Waals surface area contributed by atoms with Crippen molar-refractivity contribution in [2.75, 3.05) is 6.79 Å². The fourth-order valence-corrected chi connectivity index (χ4v) is 3.98. The van der Waals surface area contributed by atoms with Gasteiger partial charge in [-0.05, 0) is 36.2 Å². The number of hydrogen-bond donors (Lipinski definition) is 1. The summed E-state index contributed by atoms with van der Waals surface area (Å²) < 4.78 is 18.1. The molecule has 0 fully saturated rings. The van der Waals surface area contributed by atoms with E-state index in [0.29, 0.717) is 40.6 Å². The van der Waals surface area contributed by atoms with Crippen molar-refractivity contribution in [1.29, 1.82) is 5.26 Å². The van der Waals surface area contributed by atoms with Gasteiger partial charge < -0.3 is 24.5 Å². The third kappa shape index (κ3) is 3.07. The molecule has 0 radical (unpaired) electrons. The summed E-state index contributed by atoms with van der Waals surface area (Å²) in [7, 11) is 0. The maximum atomic E-state index is 13.7. The molecule has 3 aromatic rings. The average Bonchev–Trinajstić information content (AvgIpc) is 3.24. The van der Waals surface area contributed by atoms with Gasteiger partial charge in [-0.2, -0.15) is 5.26 Å². The van der Waals surface area contributed by atoms with Crippen molar-refractivity contribution in [2.45, 2.75) is 19.4 Å². The van der Waals surface area contributed by atoms with Crippen molar-refractivity contribution in [2.24, 2.45) is 5.73 Å². The lowest BCUT2D eigenvalue weighted by Crippen LogP contribution is -2.33. The van der Waals surface area contributed by atoms with E-state index < -0.39 is 5.92 Å². The van der Waals surface area contributed by atoms with E-state index in [4.69, 9.17) is 19.9 Å². The fourth-order valence-electron chi connectivity index (χ4n) is 3.98. The normalized spacial score (nSPS) is 16.5. The van der Waals surface area contributed by atoms with Crippen LogP contribution in [0.15, 0.2) is 65.0 Å². The number of pyridine rings is 2. The van der Waals surface area contributed by atoms with Crippen LogP contribution in [-0.2, 0) is 6.54 Å². The Morgan fingerprint density at radius 2 is 2.06 bits per heavy atom. The van der Waals surface area contributed by atoms with Gasteiger partial charge in [0.2, 0.25) is 12.7 Å². The molecule has 1 aromatic carbocycles. The van der Waals surface area contributed by atoms with Gasteiger partial charge in [-0.25, -0.2) is 0 Å². The van der Waals surface area contributed by atoms with Crippen molar-refractivity contribution in [3.8, 4) is 23.3 Å². The number of aromatic nitrogens is 2. The summed E-state index contributed by atoms with van der Waals surface area (Å²) in [5.41, 5.74) is 8.63. The highest BCUT2D eigenvalue weighted by Gasteiger charge is 2.34. The van der Waals surface area contributed by atoms with Crippen LogP contribution in [0.3, 0.4) is 0 Å². The number of fused-ring (bicyclic) bond motifs is 2. The number of rotatable bonds is 3. The van der Waals surface area contributed by atoms with Crippen molar-refractivity contribution in [1.82, 2.24) is 9.55 Å². The molecule has 1 atom stereocenters. The van der Waals surface area contributed by atoms with Gasteiger partial charge in [0.15, 0.2) is 11.5 Å². The second-order valence-corrected chi connectivity index (χ2v) is 7.35. The molecule has 31 heavy (non-hydrogen) atoms. The molecule has 0 bridgehead atoms. The summed E-state index contributed by atoms with van der Waals surface area (Å²) in [5, 5.41) is 9.74. The molecule has 0 aliphatic carbocycles. The number of nitrogens with zero attached hydrogens (tertiary/aromatic N) is 3. The second kappa shape index (κ2) is 7.22. The summed E-state index contributed by atoms with van der Waals surface area (Å²) in [6.45, 7) is 2.34. The van der Waals surface area contributed by atoms with Gasteiger partial charge in [0.1, 0.15) is 17.4 Å². The molecular formula is C23H18N4O4. The molecule has 0 saturated heterocycles. The quantitative estimate of drug-likeness (QED) is 0.701. The topological polar surface area (TPSA) is 112 Å². The van der Waals surface area contributed by atoms with E-state index in [1.807, 2.05) is 31.2 Å². The van der Waals surface area contributed by atoms with Gasteiger partial charge in [-0.3, -0.25) is 9.78 Å². The van der Waals surface area contributed by atoms with Crippen molar-refractivity contribution < 1.29 is 14.2 Å². The van der Waals surface area contributed by atoms with Gasteiger partial charge in [-0.1, -0.05) is 12.1 Å². The number of benzene rings is 1. The Kier molecular flexibility index (Phi) is 4.37. The minimum atomic E-state index is -0.654. The van der Waals surface area contributed by atoms with Gasteiger partial charge in [-0.15, -0.1) is 0 Å². The summed E-state index contributed by atoms with van der Waals surface area (Å²) in [4.78, 5) is 17.8. The molecule has 5 rings (SSSR count). The van der Waals surface area contributed by atoms with Crippen molar-refractivity contribution in [3.63, 3.8) is 0 Å². The first kappa shape index (κ1) is 18.8. The molecule has 2 aliphatic heterocycles. The summed E-state index contributed by atoms with van der Waals surface area (Å²) >= 11 is 0. The van der Waals surface area contributed by atoms with Crippen LogP contribution >= 0.6 is 0 Å². The molecule has 8 nitrogen and oxygen atoms in total. The van der Waals surface area contributed by atoms with Crippen LogP contribution in [0.25, 0.3) is 0 Å². The predicted molar refractivity (Wildman–Crippen MR) is 111 cm³/mol. The van der Waals surface area contributed by atoms with E-state index in [-0.39, 0.29) is 23.8 Å². The first-order chi connectivity index (χ1) is 15.1. The van der Waals surface area contributed by atoms with Crippen molar-refractivity contribution >= 4 is 0 Å².